The quantitative estimate of drug-likeness (QED) is 0.728. The van der Waals surface area contributed by atoms with E-state index in [4.69, 9.17) is 0 Å². The van der Waals surface area contributed by atoms with Crippen LogP contribution in [0.4, 0.5) is 0 Å². The van der Waals surface area contributed by atoms with Crippen LogP contribution in [-0.2, 0) is 9.84 Å². The SMILES string of the molecule is CCCC(C)C(C#N)S(=O)(=O)c1cc(Br)ccc1Br. The van der Waals surface area contributed by atoms with Crippen molar-refractivity contribution in [3.63, 3.8) is 0 Å². The standard InChI is InChI=1S/C13H15Br2NO2S/c1-3-4-9(2)13(8-16)19(17,18)12-7-10(14)5-6-11(12)15/h5-7,9,13H,3-4H2,1-2H3. The monoisotopic (exact) mass is 407 g/mol. The average Bonchev–Trinajstić information content (AvgIpc) is 2.33. The fourth-order valence-corrected chi connectivity index (χ4v) is 5.17. The molecule has 1 rings (SSSR count). The first-order chi connectivity index (χ1) is 8.84. The van der Waals surface area contributed by atoms with Gasteiger partial charge in [0.1, 0.15) is 0 Å². The lowest BCUT2D eigenvalue weighted by atomic mass is 10.0. The molecule has 2 unspecified atom stereocenters. The van der Waals surface area contributed by atoms with Crippen LogP contribution in [0.3, 0.4) is 0 Å². The van der Waals surface area contributed by atoms with Gasteiger partial charge in [0.25, 0.3) is 0 Å². The van der Waals surface area contributed by atoms with Crippen molar-refractivity contribution >= 4 is 41.7 Å². The summed E-state index contributed by atoms with van der Waals surface area (Å²) in [6.07, 6.45) is 1.57. The van der Waals surface area contributed by atoms with Gasteiger partial charge in [-0.05, 0) is 46.5 Å². The topological polar surface area (TPSA) is 57.9 Å². The lowest BCUT2D eigenvalue weighted by Crippen LogP contribution is -2.27. The van der Waals surface area contributed by atoms with Crippen LogP contribution < -0.4 is 0 Å². The third-order valence-corrected chi connectivity index (χ3v) is 6.56. The predicted octanol–water partition coefficient (Wildman–Crippen LogP) is 4.31. The van der Waals surface area contributed by atoms with E-state index >= 15 is 0 Å². The predicted molar refractivity (Wildman–Crippen MR) is 82.5 cm³/mol. The van der Waals surface area contributed by atoms with Gasteiger partial charge in [-0.1, -0.05) is 36.2 Å². The van der Waals surface area contributed by atoms with E-state index < -0.39 is 15.1 Å². The number of halogens is 2. The van der Waals surface area contributed by atoms with Gasteiger partial charge >= 0.3 is 0 Å². The number of nitriles is 1. The van der Waals surface area contributed by atoms with Crippen molar-refractivity contribution in [3.8, 4) is 6.07 Å². The van der Waals surface area contributed by atoms with Crippen molar-refractivity contribution in [1.82, 2.24) is 0 Å². The van der Waals surface area contributed by atoms with Crippen molar-refractivity contribution in [2.75, 3.05) is 0 Å². The van der Waals surface area contributed by atoms with Gasteiger partial charge in [-0.2, -0.15) is 5.26 Å². The lowest BCUT2D eigenvalue weighted by molar-refractivity contribution is 0.511. The molecule has 19 heavy (non-hydrogen) atoms. The molecule has 6 heteroatoms. The molecule has 2 atom stereocenters. The summed E-state index contributed by atoms with van der Waals surface area (Å²) >= 11 is 6.50. The van der Waals surface area contributed by atoms with Crippen molar-refractivity contribution in [2.45, 2.75) is 36.8 Å². The number of sulfone groups is 1. The van der Waals surface area contributed by atoms with Crippen LogP contribution >= 0.6 is 31.9 Å². The van der Waals surface area contributed by atoms with E-state index in [0.717, 1.165) is 6.42 Å². The van der Waals surface area contributed by atoms with Crippen LogP contribution in [0.15, 0.2) is 32.0 Å². The molecule has 0 saturated carbocycles. The molecule has 104 valence electrons. The second kappa shape index (κ2) is 6.87. The summed E-state index contributed by atoms with van der Waals surface area (Å²) in [7, 11) is -3.66. The Bertz CT molecular complexity index is 593. The lowest BCUT2D eigenvalue weighted by Gasteiger charge is -2.18. The fourth-order valence-electron chi connectivity index (χ4n) is 1.94. The molecular weight excluding hydrogens is 394 g/mol. The molecule has 0 fully saturated rings. The van der Waals surface area contributed by atoms with E-state index in [1.165, 1.54) is 6.07 Å². The van der Waals surface area contributed by atoms with Gasteiger partial charge in [0.05, 0.1) is 11.0 Å². The summed E-state index contributed by atoms with van der Waals surface area (Å²) in [5.41, 5.74) is 0. The zero-order valence-electron chi connectivity index (χ0n) is 10.7. The molecule has 0 aliphatic heterocycles. The highest BCUT2D eigenvalue weighted by Crippen LogP contribution is 2.31. The second-order valence-corrected chi connectivity index (χ2v) is 8.24. The minimum absolute atomic E-state index is 0.163. The molecule has 0 amide bonds. The van der Waals surface area contributed by atoms with Crippen LogP contribution in [0.1, 0.15) is 26.7 Å². The first-order valence-corrected chi connectivity index (χ1v) is 9.06. The molecule has 0 heterocycles. The zero-order chi connectivity index (χ0) is 14.6. The maximum atomic E-state index is 12.6. The number of hydrogen-bond acceptors (Lipinski definition) is 3. The van der Waals surface area contributed by atoms with Gasteiger partial charge in [0.15, 0.2) is 15.1 Å². The summed E-state index contributed by atoms with van der Waals surface area (Å²) in [5, 5.41) is 8.21. The largest absolute Gasteiger partial charge is 0.222 e. The van der Waals surface area contributed by atoms with E-state index in [-0.39, 0.29) is 10.8 Å². The molecule has 0 saturated heterocycles. The number of benzene rings is 1. The van der Waals surface area contributed by atoms with Crippen molar-refractivity contribution < 1.29 is 8.42 Å². The van der Waals surface area contributed by atoms with Gasteiger partial charge in [-0.15, -0.1) is 0 Å². The molecule has 0 spiro atoms. The molecule has 1 aromatic rings. The summed E-state index contributed by atoms with van der Waals surface area (Å²) in [4.78, 5) is 0.163. The van der Waals surface area contributed by atoms with Crippen LogP contribution in [0.5, 0.6) is 0 Å². The van der Waals surface area contributed by atoms with Crippen molar-refractivity contribution in [1.29, 1.82) is 5.26 Å². The van der Waals surface area contributed by atoms with Gasteiger partial charge in [-0.25, -0.2) is 8.42 Å². The Kier molecular flexibility index (Phi) is 6.03. The highest BCUT2D eigenvalue weighted by atomic mass is 79.9. The average molecular weight is 409 g/mol. The van der Waals surface area contributed by atoms with Gasteiger partial charge in [0.2, 0.25) is 0 Å². The van der Waals surface area contributed by atoms with E-state index in [1.807, 2.05) is 13.0 Å². The normalized spacial score (nSPS) is 14.7. The fraction of sp³-hybridized carbons (Fsp3) is 0.462. The van der Waals surface area contributed by atoms with Crippen LogP contribution in [0, 0.1) is 17.2 Å². The maximum Gasteiger partial charge on any atom is 0.195 e. The molecule has 0 aliphatic carbocycles. The Balaban J connectivity index is 3.29. The summed E-state index contributed by atoms with van der Waals surface area (Å²) in [6, 6.07) is 6.89. The molecule has 0 aliphatic rings. The van der Waals surface area contributed by atoms with Gasteiger partial charge in [0, 0.05) is 8.95 Å². The number of nitrogens with zero attached hydrogens (tertiary/aromatic N) is 1. The summed E-state index contributed by atoms with van der Waals surface area (Å²) < 4.78 is 26.3. The molecule has 0 aromatic heterocycles. The first kappa shape index (κ1) is 16.7. The Hall–Kier alpha value is -0.380. The first-order valence-electron chi connectivity index (χ1n) is 5.93. The van der Waals surface area contributed by atoms with E-state index in [0.29, 0.717) is 15.4 Å². The highest BCUT2D eigenvalue weighted by molar-refractivity contribution is 9.11. The molecule has 0 radical (unpaired) electrons. The van der Waals surface area contributed by atoms with Crippen LogP contribution in [0.25, 0.3) is 0 Å². The van der Waals surface area contributed by atoms with E-state index in [1.54, 1.807) is 19.1 Å². The van der Waals surface area contributed by atoms with E-state index in [2.05, 4.69) is 31.9 Å². The van der Waals surface area contributed by atoms with Crippen LogP contribution in [-0.4, -0.2) is 13.7 Å². The molecular formula is C13H15Br2NO2S. The smallest absolute Gasteiger partial charge is 0.195 e. The Labute approximate surface area is 131 Å². The Morgan fingerprint density at radius 3 is 2.53 bits per heavy atom. The van der Waals surface area contributed by atoms with E-state index in [9.17, 15) is 13.7 Å². The van der Waals surface area contributed by atoms with Crippen molar-refractivity contribution in [3.05, 3.63) is 27.1 Å². The third kappa shape index (κ3) is 3.80. The number of rotatable bonds is 5. The molecule has 0 N–H and O–H groups in total. The molecule has 1 aromatic carbocycles. The zero-order valence-corrected chi connectivity index (χ0v) is 14.7. The summed E-state index contributed by atoms with van der Waals surface area (Å²) in [6.45, 7) is 3.79. The summed E-state index contributed by atoms with van der Waals surface area (Å²) in [5.74, 6) is -0.189. The van der Waals surface area contributed by atoms with Gasteiger partial charge < -0.3 is 0 Å². The van der Waals surface area contributed by atoms with Gasteiger partial charge in [-0.3, -0.25) is 0 Å². The Morgan fingerprint density at radius 1 is 1.37 bits per heavy atom. The third-order valence-electron chi connectivity index (χ3n) is 2.92. The Morgan fingerprint density at radius 2 is 2.00 bits per heavy atom. The maximum absolute atomic E-state index is 12.6. The highest BCUT2D eigenvalue weighted by Gasteiger charge is 2.33. The molecule has 0 bridgehead atoms. The second-order valence-electron chi connectivity index (χ2n) is 4.44. The van der Waals surface area contributed by atoms with Crippen molar-refractivity contribution in [2.24, 2.45) is 5.92 Å². The minimum atomic E-state index is -3.66. The number of hydrogen-bond donors (Lipinski definition) is 0. The molecule has 3 nitrogen and oxygen atoms in total. The minimum Gasteiger partial charge on any atom is -0.222 e. The van der Waals surface area contributed by atoms with Crippen LogP contribution in [0.2, 0.25) is 0 Å².